The number of hydrogen-bond donors (Lipinski definition) is 0. The van der Waals surface area contributed by atoms with Gasteiger partial charge in [0.05, 0.1) is 39.9 Å². The van der Waals surface area contributed by atoms with Crippen molar-refractivity contribution in [3.63, 3.8) is 0 Å². The summed E-state index contributed by atoms with van der Waals surface area (Å²) in [6, 6.07) is 15.0. The van der Waals surface area contributed by atoms with Crippen molar-refractivity contribution in [3.05, 3.63) is 66.0 Å². The van der Waals surface area contributed by atoms with Crippen LogP contribution >= 0.6 is 0 Å². The highest BCUT2D eigenvalue weighted by atomic mass is 32.2. The van der Waals surface area contributed by atoms with E-state index in [4.69, 9.17) is 5.10 Å². The summed E-state index contributed by atoms with van der Waals surface area (Å²) < 4.78 is 65.9. The van der Waals surface area contributed by atoms with E-state index in [9.17, 15) is 31.6 Å². The van der Waals surface area contributed by atoms with Crippen LogP contribution in [0.15, 0.2) is 54.7 Å². The van der Waals surface area contributed by atoms with E-state index in [2.05, 4.69) is 6.07 Å². The molecule has 0 N–H and O–H groups in total. The van der Waals surface area contributed by atoms with Crippen LogP contribution < -0.4 is 4.90 Å². The molecule has 0 unspecified atom stereocenters. The van der Waals surface area contributed by atoms with Gasteiger partial charge < -0.3 is 4.90 Å². The maximum absolute atomic E-state index is 13.6. The molecule has 7 nitrogen and oxygen atoms in total. The molecule has 3 aromatic rings. The quantitative estimate of drug-likeness (QED) is 0.310. The minimum atomic E-state index is -4.50. The highest BCUT2D eigenvalue weighted by molar-refractivity contribution is 7.91. The van der Waals surface area contributed by atoms with Crippen molar-refractivity contribution >= 4 is 21.3 Å². The topological polar surface area (TPSA) is 96.1 Å². The summed E-state index contributed by atoms with van der Waals surface area (Å²) >= 11 is 0. The van der Waals surface area contributed by atoms with Crippen LogP contribution in [0.5, 0.6) is 0 Å². The van der Waals surface area contributed by atoms with Gasteiger partial charge in [0.2, 0.25) is 0 Å². The van der Waals surface area contributed by atoms with E-state index in [1.54, 1.807) is 12.3 Å². The molecule has 1 aromatic heterocycles. The van der Waals surface area contributed by atoms with E-state index in [1.165, 1.54) is 10.7 Å². The zero-order valence-corrected chi connectivity index (χ0v) is 24.5. The fourth-order valence-electron chi connectivity index (χ4n) is 6.45. The fraction of sp³-hybridized carbons (Fsp3) is 0.469. The molecule has 1 saturated heterocycles. The average Bonchev–Trinajstić information content (AvgIpc) is 3.63. The minimum absolute atomic E-state index is 0.0683. The normalized spacial score (nSPS) is 23.0. The lowest BCUT2D eigenvalue weighted by atomic mass is 9.72. The molecule has 2 aromatic carbocycles. The van der Waals surface area contributed by atoms with Gasteiger partial charge in [-0.25, -0.2) is 13.1 Å². The smallest absolute Gasteiger partial charge is 0.369 e. The molecule has 3 fully saturated rings. The average molecular weight is 611 g/mol. The molecular weight excluding hydrogens is 577 g/mol. The van der Waals surface area contributed by atoms with E-state index in [1.807, 2.05) is 29.2 Å². The number of benzene rings is 2. The summed E-state index contributed by atoms with van der Waals surface area (Å²) in [5.74, 6) is -0.249. The SMILES string of the molecule is N#CC1(CC(=O)[C@@H]2CCCC[C@H]2c2nn(-c3cccc(C(F)(F)F)c3)cc2-c2ccc(N3CCS(=O)(=O)CC3)cc2)CC1. The third-order valence-electron chi connectivity index (χ3n) is 9.20. The van der Waals surface area contributed by atoms with Crippen molar-refractivity contribution in [2.24, 2.45) is 11.3 Å². The van der Waals surface area contributed by atoms with Crippen molar-refractivity contribution in [3.8, 4) is 22.9 Å². The van der Waals surface area contributed by atoms with Crippen molar-refractivity contribution in [1.29, 1.82) is 5.26 Å². The third-order valence-corrected chi connectivity index (χ3v) is 10.8. The van der Waals surface area contributed by atoms with Crippen molar-refractivity contribution in [2.45, 2.75) is 57.0 Å². The fourth-order valence-corrected chi connectivity index (χ4v) is 7.65. The number of carbonyl (C=O) groups excluding carboxylic acids is 1. The Morgan fingerprint density at radius 2 is 1.72 bits per heavy atom. The molecule has 0 amide bonds. The number of carbonyl (C=O) groups is 1. The predicted molar refractivity (Wildman–Crippen MR) is 156 cm³/mol. The predicted octanol–water partition coefficient (Wildman–Crippen LogP) is 6.33. The van der Waals surface area contributed by atoms with Gasteiger partial charge in [-0.2, -0.15) is 23.5 Å². The summed E-state index contributed by atoms with van der Waals surface area (Å²) in [6.45, 7) is 0.826. The molecule has 43 heavy (non-hydrogen) atoms. The van der Waals surface area contributed by atoms with E-state index in [0.29, 0.717) is 25.2 Å². The van der Waals surface area contributed by atoms with Gasteiger partial charge in [0, 0.05) is 48.8 Å². The first-order valence-electron chi connectivity index (χ1n) is 14.7. The summed E-state index contributed by atoms with van der Waals surface area (Å²) in [5.41, 5.74) is 2.08. The molecule has 2 aliphatic carbocycles. The lowest BCUT2D eigenvalue weighted by Gasteiger charge is -2.31. The number of anilines is 1. The maximum Gasteiger partial charge on any atom is 0.416 e. The Balaban J connectivity index is 1.37. The molecule has 0 spiro atoms. The first kappa shape index (κ1) is 29.4. The van der Waals surface area contributed by atoms with Gasteiger partial charge in [-0.1, -0.05) is 31.0 Å². The Morgan fingerprint density at radius 1 is 1.02 bits per heavy atom. The third kappa shape index (κ3) is 6.21. The van der Waals surface area contributed by atoms with Crippen molar-refractivity contribution in [2.75, 3.05) is 29.5 Å². The van der Waals surface area contributed by atoms with Gasteiger partial charge in [-0.3, -0.25) is 4.79 Å². The highest BCUT2D eigenvalue weighted by Gasteiger charge is 2.47. The number of ketones is 1. The highest BCUT2D eigenvalue weighted by Crippen LogP contribution is 2.51. The largest absolute Gasteiger partial charge is 0.416 e. The number of halogens is 3. The molecule has 1 aliphatic heterocycles. The molecule has 0 bridgehead atoms. The van der Waals surface area contributed by atoms with Crippen LogP contribution in [0.1, 0.15) is 62.1 Å². The van der Waals surface area contributed by atoms with Crippen molar-refractivity contribution < 1.29 is 26.4 Å². The summed E-state index contributed by atoms with van der Waals surface area (Å²) in [7, 11) is -3.02. The van der Waals surface area contributed by atoms with E-state index in [0.717, 1.165) is 61.1 Å². The number of alkyl halides is 3. The van der Waals surface area contributed by atoms with E-state index < -0.39 is 27.0 Å². The number of Topliss-reactive ketones (excluding diaryl/α,β-unsaturated/α-hetero) is 1. The zero-order chi connectivity index (χ0) is 30.4. The van der Waals surface area contributed by atoms with Gasteiger partial charge in [-0.05, 0) is 61.6 Å². The number of rotatable bonds is 7. The molecule has 6 rings (SSSR count). The second-order valence-electron chi connectivity index (χ2n) is 12.1. The first-order chi connectivity index (χ1) is 20.5. The van der Waals surface area contributed by atoms with Crippen LogP contribution in [-0.2, 0) is 20.8 Å². The molecule has 0 radical (unpaired) electrons. The van der Waals surface area contributed by atoms with Crippen LogP contribution in [0.25, 0.3) is 16.8 Å². The Labute approximate surface area is 249 Å². The van der Waals surface area contributed by atoms with Gasteiger partial charge in [0.25, 0.3) is 0 Å². The van der Waals surface area contributed by atoms with Crippen LogP contribution in [0, 0.1) is 22.7 Å². The molecule has 3 aliphatic rings. The lowest BCUT2D eigenvalue weighted by molar-refractivity contribution is -0.137. The van der Waals surface area contributed by atoms with Gasteiger partial charge in [0.1, 0.15) is 5.78 Å². The number of aromatic nitrogens is 2. The van der Waals surface area contributed by atoms with Crippen molar-refractivity contribution in [1.82, 2.24) is 9.78 Å². The van der Waals surface area contributed by atoms with Crippen LogP contribution in [0.4, 0.5) is 18.9 Å². The van der Waals surface area contributed by atoms with Crippen LogP contribution in [0.3, 0.4) is 0 Å². The van der Waals surface area contributed by atoms with Gasteiger partial charge in [-0.15, -0.1) is 0 Å². The number of nitriles is 1. The molecule has 2 heterocycles. The molecular formula is C32H33F3N4O3S. The minimum Gasteiger partial charge on any atom is -0.369 e. The number of hydrogen-bond acceptors (Lipinski definition) is 6. The second-order valence-corrected chi connectivity index (χ2v) is 14.4. The summed E-state index contributed by atoms with van der Waals surface area (Å²) in [6.07, 6.45) is 2.16. The van der Waals surface area contributed by atoms with E-state index >= 15 is 0 Å². The second kappa shape index (κ2) is 11.1. The van der Waals surface area contributed by atoms with Crippen LogP contribution in [0.2, 0.25) is 0 Å². The Bertz CT molecular complexity index is 1660. The lowest BCUT2D eigenvalue weighted by Crippen LogP contribution is -2.40. The summed E-state index contributed by atoms with van der Waals surface area (Å²) in [5, 5.41) is 14.5. The zero-order valence-electron chi connectivity index (χ0n) is 23.7. The maximum atomic E-state index is 13.6. The van der Waals surface area contributed by atoms with Gasteiger partial charge >= 0.3 is 6.18 Å². The van der Waals surface area contributed by atoms with Gasteiger partial charge in [0.15, 0.2) is 9.84 Å². The monoisotopic (exact) mass is 610 g/mol. The molecule has 2 atom stereocenters. The Kier molecular flexibility index (Phi) is 7.61. The molecule has 226 valence electrons. The van der Waals surface area contributed by atoms with Crippen LogP contribution in [-0.4, -0.2) is 48.6 Å². The Morgan fingerprint density at radius 3 is 2.37 bits per heavy atom. The molecule has 11 heteroatoms. The first-order valence-corrected chi connectivity index (χ1v) is 16.6. The number of nitrogens with zero attached hydrogens (tertiary/aromatic N) is 4. The number of sulfone groups is 1. The van der Waals surface area contributed by atoms with E-state index in [-0.39, 0.29) is 41.2 Å². The Hall–Kier alpha value is -3.65. The standard InChI is InChI=1S/C32H33F3N4O3S/c33-32(34,35)23-4-3-5-25(18-23)39-20-28(22-8-10-24(11-9-22)38-14-16-43(41,42)17-15-38)30(37-39)27-7-2-1-6-26(27)29(40)19-31(21-36)12-13-31/h3-5,8-11,18,20,26-27H,1-2,6-7,12-17,19H2/t26-,27-/m1/s1. The summed E-state index contributed by atoms with van der Waals surface area (Å²) in [4.78, 5) is 15.6. The molecule has 2 saturated carbocycles.